The summed E-state index contributed by atoms with van der Waals surface area (Å²) in [6.07, 6.45) is 3.25. The average molecular weight is 429 g/mol. The molecule has 0 atom stereocenters. The van der Waals surface area contributed by atoms with Gasteiger partial charge in [-0.25, -0.2) is 10.5 Å². The molecule has 0 aliphatic carbocycles. The van der Waals surface area contributed by atoms with E-state index in [4.69, 9.17) is 24.0 Å². The Balaban J connectivity index is 1.70. The average Bonchev–Trinajstić information content (AvgIpc) is 3.20. The van der Waals surface area contributed by atoms with Gasteiger partial charge in [0, 0.05) is 10.4 Å². The van der Waals surface area contributed by atoms with Crippen LogP contribution in [-0.2, 0) is 17.9 Å². The number of aromatic nitrogens is 1. The first kappa shape index (κ1) is 21.9. The van der Waals surface area contributed by atoms with E-state index in [0.29, 0.717) is 18.1 Å². The molecule has 0 spiro atoms. The largest absolute Gasteiger partial charge is 0.497 e. The highest BCUT2D eigenvalue weighted by Crippen LogP contribution is 2.33. The molecule has 1 N–H and O–H groups in total. The van der Waals surface area contributed by atoms with E-state index in [1.54, 1.807) is 32.7 Å². The van der Waals surface area contributed by atoms with E-state index in [-0.39, 0.29) is 0 Å². The molecule has 3 aromatic rings. The van der Waals surface area contributed by atoms with Crippen LogP contribution in [0, 0.1) is 0 Å². The Bertz CT molecular complexity index is 941. The number of anilines is 1. The van der Waals surface area contributed by atoms with Crippen molar-refractivity contribution < 1.29 is 19.0 Å². The van der Waals surface area contributed by atoms with E-state index in [1.165, 1.54) is 4.88 Å². The number of thiazole rings is 1. The molecule has 0 aliphatic heterocycles. The van der Waals surface area contributed by atoms with Crippen LogP contribution in [0.4, 0.5) is 5.13 Å². The molecule has 0 saturated carbocycles. The molecule has 0 aliphatic rings. The van der Waals surface area contributed by atoms with Gasteiger partial charge in [-0.2, -0.15) is 0 Å². The van der Waals surface area contributed by atoms with Crippen LogP contribution in [0.2, 0.25) is 0 Å². The minimum atomic E-state index is 0.377. The molecule has 0 radical (unpaired) electrons. The summed E-state index contributed by atoms with van der Waals surface area (Å²) in [7, 11) is 4.91. The maximum absolute atomic E-state index is 5.71. The van der Waals surface area contributed by atoms with Crippen molar-refractivity contribution in [1.29, 1.82) is 0 Å². The highest BCUT2D eigenvalue weighted by molar-refractivity contribution is 7.16. The van der Waals surface area contributed by atoms with E-state index >= 15 is 0 Å². The predicted octanol–water partition coefficient (Wildman–Crippen LogP) is 5.72. The van der Waals surface area contributed by atoms with Crippen molar-refractivity contribution in [3.8, 4) is 28.5 Å². The van der Waals surface area contributed by atoms with Crippen molar-refractivity contribution in [2.45, 2.75) is 32.8 Å². The molecule has 30 heavy (non-hydrogen) atoms. The lowest BCUT2D eigenvalue weighted by molar-refractivity contribution is 0.179. The molecule has 2 aromatic carbocycles. The fourth-order valence-corrected chi connectivity index (χ4v) is 4.01. The minimum absolute atomic E-state index is 0.377. The van der Waals surface area contributed by atoms with Gasteiger partial charge in [0.05, 0.1) is 33.6 Å². The molecule has 6 nitrogen and oxygen atoms in total. The zero-order valence-corrected chi connectivity index (χ0v) is 18.7. The number of hydrogen-bond donors (Lipinski definition) is 1. The molecule has 1 aromatic heterocycles. The standard InChI is InChI=1S/C23H28N2O4S/c1-5-6-7-21-22(17-9-11-18(26-2)12-10-17)24-23(30-21)25-29-15-16-8-13-19(27-3)20(14-16)28-4/h8-14H,5-7,15H2,1-4H3,(H,24,25). The van der Waals surface area contributed by atoms with Crippen molar-refractivity contribution >= 4 is 16.5 Å². The number of aryl methyl sites for hydroxylation is 1. The van der Waals surface area contributed by atoms with Gasteiger partial charge in [0.25, 0.3) is 0 Å². The fraction of sp³-hybridized carbons (Fsp3) is 0.348. The summed E-state index contributed by atoms with van der Waals surface area (Å²) in [4.78, 5) is 11.7. The number of methoxy groups -OCH3 is 3. The molecule has 0 bridgehead atoms. The maximum atomic E-state index is 5.71. The van der Waals surface area contributed by atoms with Gasteiger partial charge >= 0.3 is 0 Å². The second-order valence-corrected chi connectivity index (χ2v) is 7.79. The van der Waals surface area contributed by atoms with Crippen molar-refractivity contribution in [3.05, 3.63) is 52.9 Å². The normalized spacial score (nSPS) is 10.7. The maximum Gasteiger partial charge on any atom is 0.207 e. The summed E-state index contributed by atoms with van der Waals surface area (Å²) >= 11 is 1.63. The fourth-order valence-electron chi connectivity index (χ4n) is 3.03. The zero-order valence-electron chi connectivity index (χ0n) is 17.9. The molecular formula is C23H28N2O4S. The second-order valence-electron chi connectivity index (χ2n) is 6.70. The van der Waals surface area contributed by atoms with Crippen LogP contribution in [-0.4, -0.2) is 26.3 Å². The van der Waals surface area contributed by atoms with E-state index in [0.717, 1.165) is 47.0 Å². The lowest BCUT2D eigenvalue weighted by Gasteiger charge is -2.09. The molecule has 0 fully saturated rings. The Morgan fingerprint density at radius 1 is 0.933 bits per heavy atom. The summed E-state index contributed by atoms with van der Waals surface area (Å²) in [5.41, 5.74) is 6.04. The molecule has 3 rings (SSSR count). The van der Waals surface area contributed by atoms with E-state index in [9.17, 15) is 0 Å². The first-order valence-corrected chi connectivity index (χ1v) is 10.7. The monoisotopic (exact) mass is 428 g/mol. The quantitative estimate of drug-likeness (QED) is 0.394. The second kappa shape index (κ2) is 10.8. The Morgan fingerprint density at radius 2 is 1.70 bits per heavy atom. The summed E-state index contributed by atoms with van der Waals surface area (Å²) in [5.74, 6) is 2.20. The smallest absolute Gasteiger partial charge is 0.207 e. The highest BCUT2D eigenvalue weighted by Gasteiger charge is 2.13. The summed E-state index contributed by atoms with van der Waals surface area (Å²) in [6, 6.07) is 13.7. The lowest BCUT2D eigenvalue weighted by Crippen LogP contribution is -2.02. The van der Waals surface area contributed by atoms with Crippen molar-refractivity contribution in [3.63, 3.8) is 0 Å². The third-order valence-corrected chi connectivity index (χ3v) is 5.68. The van der Waals surface area contributed by atoms with Gasteiger partial charge in [-0.15, -0.1) is 0 Å². The van der Waals surface area contributed by atoms with Gasteiger partial charge in [-0.1, -0.05) is 30.7 Å². The van der Waals surface area contributed by atoms with Crippen LogP contribution in [0.15, 0.2) is 42.5 Å². The molecule has 0 amide bonds. The van der Waals surface area contributed by atoms with E-state index < -0.39 is 0 Å². The number of nitrogens with one attached hydrogen (secondary N) is 1. The van der Waals surface area contributed by atoms with E-state index in [1.807, 2.05) is 42.5 Å². The Labute approximate surface area is 181 Å². The van der Waals surface area contributed by atoms with Crippen molar-refractivity contribution in [2.24, 2.45) is 0 Å². The van der Waals surface area contributed by atoms with Crippen LogP contribution in [0.1, 0.15) is 30.2 Å². The number of hydrogen-bond acceptors (Lipinski definition) is 7. The first-order chi connectivity index (χ1) is 14.7. The Hall–Kier alpha value is -2.77. The van der Waals surface area contributed by atoms with Gasteiger partial charge in [0.15, 0.2) is 11.5 Å². The van der Waals surface area contributed by atoms with Crippen LogP contribution in [0.25, 0.3) is 11.3 Å². The summed E-state index contributed by atoms with van der Waals surface area (Å²) in [6.45, 7) is 2.57. The number of nitrogens with zero attached hydrogens (tertiary/aromatic N) is 1. The van der Waals surface area contributed by atoms with Crippen LogP contribution < -0.4 is 19.7 Å². The molecule has 1 heterocycles. The van der Waals surface area contributed by atoms with Gasteiger partial charge < -0.3 is 14.2 Å². The molecule has 0 saturated heterocycles. The predicted molar refractivity (Wildman–Crippen MR) is 121 cm³/mol. The minimum Gasteiger partial charge on any atom is -0.497 e. The molecule has 160 valence electrons. The summed E-state index contributed by atoms with van der Waals surface area (Å²) in [5, 5.41) is 0.743. The number of unbranched alkanes of at least 4 members (excludes halogenated alkanes) is 1. The number of ether oxygens (including phenoxy) is 3. The molecular weight excluding hydrogens is 400 g/mol. The van der Waals surface area contributed by atoms with Crippen LogP contribution >= 0.6 is 11.3 Å². The summed E-state index contributed by atoms with van der Waals surface area (Å²) < 4.78 is 15.9. The topological polar surface area (TPSA) is 61.8 Å². The lowest BCUT2D eigenvalue weighted by atomic mass is 10.1. The van der Waals surface area contributed by atoms with Gasteiger partial charge in [-0.05, 0) is 54.8 Å². The third-order valence-electron chi connectivity index (χ3n) is 4.66. The third kappa shape index (κ3) is 5.43. The SMILES string of the molecule is CCCCc1sc(NOCc2ccc(OC)c(OC)c2)nc1-c1ccc(OC)cc1. The Morgan fingerprint density at radius 3 is 2.37 bits per heavy atom. The molecule has 0 unspecified atom stereocenters. The van der Waals surface area contributed by atoms with Gasteiger partial charge in [0.1, 0.15) is 5.75 Å². The molecule has 7 heteroatoms. The van der Waals surface area contributed by atoms with Crippen LogP contribution in [0.3, 0.4) is 0 Å². The van der Waals surface area contributed by atoms with Gasteiger partial charge in [-0.3, -0.25) is 4.84 Å². The van der Waals surface area contributed by atoms with E-state index in [2.05, 4.69) is 12.4 Å². The Kier molecular flexibility index (Phi) is 7.93. The number of benzene rings is 2. The van der Waals surface area contributed by atoms with Crippen molar-refractivity contribution in [2.75, 3.05) is 26.8 Å². The highest BCUT2D eigenvalue weighted by atomic mass is 32.1. The number of rotatable bonds is 11. The van der Waals surface area contributed by atoms with Crippen LogP contribution in [0.5, 0.6) is 17.2 Å². The van der Waals surface area contributed by atoms with Crippen molar-refractivity contribution in [1.82, 2.24) is 4.98 Å². The zero-order chi connectivity index (χ0) is 21.3. The first-order valence-electron chi connectivity index (χ1n) is 9.91. The van der Waals surface area contributed by atoms with Gasteiger partial charge in [0.2, 0.25) is 5.13 Å².